The second-order valence-corrected chi connectivity index (χ2v) is 5.20. The van der Waals surface area contributed by atoms with Gasteiger partial charge in [0, 0.05) is 24.3 Å². The van der Waals surface area contributed by atoms with Crippen LogP contribution in [0.4, 0.5) is 5.82 Å². The molecule has 2 atom stereocenters. The van der Waals surface area contributed by atoms with Crippen molar-refractivity contribution < 1.29 is 9.53 Å². The van der Waals surface area contributed by atoms with Gasteiger partial charge >= 0.3 is 0 Å². The van der Waals surface area contributed by atoms with Crippen LogP contribution < -0.4 is 11.3 Å². The average molecular weight is 278 g/mol. The fraction of sp³-hybridized carbons (Fsp3) is 0.571. The Kier molecular flexibility index (Phi) is 4.57. The van der Waals surface area contributed by atoms with E-state index in [1.807, 2.05) is 31.7 Å². The normalized spacial score (nSPS) is 22.7. The molecule has 6 heteroatoms. The number of amides is 1. The molecule has 0 radical (unpaired) electrons. The number of pyridine rings is 1. The van der Waals surface area contributed by atoms with Crippen LogP contribution in [0.1, 0.15) is 36.8 Å². The van der Waals surface area contributed by atoms with Crippen LogP contribution in [-0.4, -0.2) is 41.1 Å². The Morgan fingerprint density at radius 2 is 2.10 bits per heavy atom. The number of nitrogens with zero attached hydrogens (tertiary/aromatic N) is 2. The van der Waals surface area contributed by atoms with Crippen LogP contribution in [0, 0.1) is 0 Å². The van der Waals surface area contributed by atoms with E-state index in [0.717, 1.165) is 12.1 Å². The molecule has 0 unspecified atom stereocenters. The van der Waals surface area contributed by atoms with Gasteiger partial charge in [-0.15, -0.1) is 0 Å². The van der Waals surface area contributed by atoms with Crippen molar-refractivity contribution in [3.05, 3.63) is 23.4 Å². The Labute approximate surface area is 119 Å². The maximum atomic E-state index is 12.6. The fourth-order valence-corrected chi connectivity index (χ4v) is 2.49. The molecule has 1 amide bonds. The van der Waals surface area contributed by atoms with Gasteiger partial charge in [0.15, 0.2) is 0 Å². The van der Waals surface area contributed by atoms with Crippen LogP contribution in [0.25, 0.3) is 0 Å². The van der Waals surface area contributed by atoms with Crippen molar-refractivity contribution in [1.82, 2.24) is 9.88 Å². The summed E-state index contributed by atoms with van der Waals surface area (Å²) < 4.78 is 5.65. The second kappa shape index (κ2) is 6.19. The number of aromatic nitrogens is 1. The van der Waals surface area contributed by atoms with E-state index in [2.05, 4.69) is 10.4 Å². The van der Waals surface area contributed by atoms with Crippen molar-refractivity contribution in [2.45, 2.75) is 39.4 Å². The molecule has 1 aliphatic heterocycles. The molecule has 1 fully saturated rings. The number of hydrogen-bond acceptors (Lipinski definition) is 5. The van der Waals surface area contributed by atoms with Crippen LogP contribution >= 0.6 is 0 Å². The molecule has 0 bridgehead atoms. The zero-order valence-corrected chi connectivity index (χ0v) is 12.2. The number of carbonyl (C=O) groups excluding carboxylic acids is 1. The highest BCUT2D eigenvalue weighted by atomic mass is 16.5. The van der Waals surface area contributed by atoms with E-state index in [1.54, 1.807) is 6.07 Å². The van der Waals surface area contributed by atoms with Crippen molar-refractivity contribution in [2.24, 2.45) is 5.84 Å². The van der Waals surface area contributed by atoms with Gasteiger partial charge in [0.1, 0.15) is 5.82 Å². The number of carbonyl (C=O) groups is 1. The maximum Gasteiger partial charge on any atom is 0.254 e. The molecular formula is C14H22N4O2. The Balaban J connectivity index is 2.23. The number of morpholine rings is 1. The predicted octanol–water partition coefficient (Wildman–Crippen LogP) is 1.18. The molecule has 0 saturated carbocycles. The van der Waals surface area contributed by atoms with Gasteiger partial charge in [-0.05, 0) is 32.4 Å². The van der Waals surface area contributed by atoms with Crippen LogP contribution in [-0.2, 0) is 11.2 Å². The Morgan fingerprint density at radius 3 is 2.65 bits per heavy atom. The van der Waals surface area contributed by atoms with E-state index in [4.69, 9.17) is 10.6 Å². The lowest BCUT2D eigenvalue weighted by Gasteiger charge is -2.35. The van der Waals surface area contributed by atoms with Gasteiger partial charge in [0.25, 0.3) is 5.91 Å². The summed E-state index contributed by atoms with van der Waals surface area (Å²) in [5.74, 6) is 5.92. The number of aryl methyl sites for hydroxylation is 1. The van der Waals surface area contributed by atoms with Gasteiger partial charge in [0.2, 0.25) is 0 Å². The van der Waals surface area contributed by atoms with Crippen molar-refractivity contribution in [3.8, 4) is 0 Å². The molecular weight excluding hydrogens is 256 g/mol. The van der Waals surface area contributed by atoms with Gasteiger partial charge in [-0.2, -0.15) is 0 Å². The third kappa shape index (κ3) is 3.26. The highest BCUT2D eigenvalue weighted by Gasteiger charge is 2.27. The van der Waals surface area contributed by atoms with Gasteiger partial charge in [-0.1, -0.05) is 6.92 Å². The molecule has 3 N–H and O–H groups in total. The topological polar surface area (TPSA) is 80.5 Å². The van der Waals surface area contributed by atoms with Crippen LogP contribution in [0.2, 0.25) is 0 Å². The first-order valence-electron chi connectivity index (χ1n) is 6.95. The Hall–Kier alpha value is -1.66. The summed E-state index contributed by atoms with van der Waals surface area (Å²) in [5.41, 5.74) is 3.97. The van der Waals surface area contributed by atoms with E-state index in [0.29, 0.717) is 24.5 Å². The summed E-state index contributed by atoms with van der Waals surface area (Å²) in [7, 11) is 0. The van der Waals surface area contributed by atoms with E-state index >= 15 is 0 Å². The highest BCUT2D eigenvalue weighted by molar-refractivity contribution is 5.95. The van der Waals surface area contributed by atoms with Crippen LogP contribution in [0.3, 0.4) is 0 Å². The number of ether oxygens (including phenoxy) is 1. The van der Waals surface area contributed by atoms with Crippen molar-refractivity contribution >= 4 is 11.7 Å². The second-order valence-electron chi connectivity index (χ2n) is 5.20. The van der Waals surface area contributed by atoms with Crippen molar-refractivity contribution in [2.75, 3.05) is 18.5 Å². The van der Waals surface area contributed by atoms with E-state index in [-0.39, 0.29) is 18.1 Å². The molecule has 20 heavy (non-hydrogen) atoms. The van der Waals surface area contributed by atoms with E-state index in [9.17, 15) is 4.79 Å². The predicted molar refractivity (Wildman–Crippen MR) is 77.3 cm³/mol. The molecule has 0 aromatic carbocycles. The Bertz CT molecular complexity index is 460. The maximum absolute atomic E-state index is 12.6. The lowest BCUT2D eigenvalue weighted by molar-refractivity contribution is -0.0586. The zero-order valence-electron chi connectivity index (χ0n) is 12.2. The third-order valence-electron chi connectivity index (χ3n) is 3.34. The molecule has 2 rings (SSSR count). The molecule has 6 nitrogen and oxygen atoms in total. The summed E-state index contributed by atoms with van der Waals surface area (Å²) in [6.45, 7) is 7.17. The molecule has 0 aliphatic carbocycles. The third-order valence-corrected chi connectivity index (χ3v) is 3.34. The molecule has 110 valence electrons. The first-order chi connectivity index (χ1) is 9.53. The van der Waals surface area contributed by atoms with Crippen LogP contribution in [0.5, 0.6) is 0 Å². The van der Waals surface area contributed by atoms with Crippen LogP contribution in [0.15, 0.2) is 12.1 Å². The summed E-state index contributed by atoms with van der Waals surface area (Å²) in [5, 5.41) is 0. The quantitative estimate of drug-likeness (QED) is 0.641. The first kappa shape index (κ1) is 14.7. The summed E-state index contributed by atoms with van der Waals surface area (Å²) >= 11 is 0. The number of nitrogens with one attached hydrogen (secondary N) is 1. The van der Waals surface area contributed by atoms with Gasteiger partial charge < -0.3 is 15.1 Å². The molecule has 1 aromatic heterocycles. The highest BCUT2D eigenvalue weighted by Crippen LogP contribution is 2.17. The smallest absolute Gasteiger partial charge is 0.254 e. The van der Waals surface area contributed by atoms with Gasteiger partial charge in [0.05, 0.1) is 12.2 Å². The lowest BCUT2D eigenvalue weighted by Crippen LogP contribution is -2.48. The SMILES string of the molecule is CCc1cc(C(=O)N2C[C@@H](C)O[C@@H](C)C2)cc(NN)n1. The lowest BCUT2D eigenvalue weighted by atomic mass is 10.1. The molecule has 2 heterocycles. The summed E-state index contributed by atoms with van der Waals surface area (Å²) in [6.07, 6.45) is 0.871. The largest absolute Gasteiger partial charge is 0.372 e. The van der Waals surface area contributed by atoms with Crippen molar-refractivity contribution in [1.29, 1.82) is 0 Å². The minimum absolute atomic E-state index is 0.000556. The molecule has 0 spiro atoms. The molecule has 1 saturated heterocycles. The molecule has 1 aromatic rings. The minimum atomic E-state index is 0.000556. The minimum Gasteiger partial charge on any atom is -0.372 e. The first-order valence-corrected chi connectivity index (χ1v) is 6.95. The van der Waals surface area contributed by atoms with E-state index < -0.39 is 0 Å². The number of nitrogens with two attached hydrogens (primary N) is 1. The summed E-state index contributed by atoms with van der Waals surface area (Å²) in [6, 6.07) is 3.51. The van der Waals surface area contributed by atoms with Gasteiger partial charge in [-0.3, -0.25) is 4.79 Å². The number of hydrazine groups is 1. The van der Waals surface area contributed by atoms with E-state index in [1.165, 1.54) is 0 Å². The average Bonchev–Trinajstić information content (AvgIpc) is 2.44. The Morgan fingerprint density at radius 1 is 1.45 bits per heavy atom. The number of hydrogen-bond donors (Lipinski definition) is 2. The zero-order chi connectivity index (χ0) is 14.7. The summed E-state index contributed by atoms with van der Waals surface area (Å²) in [4.78, 5) is 18.7. The number of anilines is 1. The number of rotatable bonds is 3. The number of nitrogen functional groups attached to an aromatic ring is 1. The standard InChI is InChI=1S/C14H22N4O2/c1-4-12-5-11(6-13(16-12)17-15)14(19)18-7-9(2)20-10(3)8-18/h5-6,9-10H,4,7-8,15H2,1-3H3,(H,16,17)/t9-,10+. The molecule has 1 aliphatic rings. The van der Waals surface area contributed by atoms with Gasteiger partial charge in [-0.25, -0.2) is 10.8 Å². The fourth-order valence-electron chi connectivity index (χ4n) is 2.49. The monoisotopic (exact) mass is 278 g/mol. The van der Waals surface area contributed by atoms with Crippen molar-refractivity contribution in [3.63, 3.8) is 0 Å².